The van der Waals surface area contributed by atoms with Gasteiger partial charge in [-0.1, -0.05) is 25.3 Å². The van der Waals surface area contributed by atoms with Gasteiger partial charge < -0.3 is 5.32 Å². The minimum absolute atomic E-state index is 0.0458. The van der Waals surface area contributed by atoms with Crippen molar-refractivity contribution < 1.29 is 4.79 Å². The molecular formula is C17H23N3OS. The second-order valence-corrected chi connectivity index (χ2v) is 6.87. The minimum Gasteiger partial charge on any atom is -0.350 e. The van der Waals surface area contributed by atoms with Gasteiger partial charge in [-0.15, -0.1) is 11.3 Å². The summed E-state index contributed by atoms with van der Waals surface area (Å²) >= 11 is 1.67. The first-order valence-corrected chi connectivity index (χ1v) is 9.06. The van der Waals surface area contributed by atoms with Crippen LogP contribution in [0.5, 0.6) is 0 Å². The molecule has 0 saturated heterocycles. The Morgan fingerprint density at radius 2 is 2.23 bits per heavy atom. The van der Waals surface area contributed by atoms with Crippen LogP contribution in [0.15, 0.2) is 23.6 Å². The van der Waals surface area contributed by atoms with Crippen LogP contribution in [0.2, 0.25) is 0 Å². The van der Waals surface area contributed by atoms with E-state index < -0.39 is 0 Å². The Labute approximate surface area is 135 Å². The number of hydrogen-bond donors (Lipinski definition) is 1. The molecule has 5 heteroatoms. The summed E-state index contributed by atoms with van der Waals surface area (Å²) in [7, 11) is 0. The lowest BCUT2D eigenvalue weighted by atomic mass is 9.89. The van der Waals surface area contributed by atoms with Crippen molar-refractivity contribution in [3.05, 3.63) is 29.3 Å². The Kier molecular flexibility index (Phi) is 4.93. The lowest BCUT2D eigenvalue weighted by molar-refractivity contribution is 0.0937. The van der Waals surface area contributed by atoms with Gasteiger partial charge >= 0.3 is 0 Å². The Hall–Kier alpha value is -1.62. The van der Waals surface area contributed by atoms with E-state index in [1.165, 1.54) is 32.1 Å². The van der Waals surface area contributed by atoms with Gasteiger partial charge in [0.15, 0.2) is 5.69 Å². The van der Waals surface area contributed by atoms with Crippen LogP contribution in [0, 0.1) is 5.92 Å². The zero-order chi connectivity index (χ0) is 15.4. The van der Waals surface area contributed by atoms with E-state index in [2.05, 4.69) is 16.5 Å². The molecule has 0 bridgehead atoms. The number of nitrogens with one attached hydrogen (secondary N) is 1. The van der Waals surface area contributed by atoms with Gasteiger partial charge in [0.25, 0.3) is 5.91 Å². The van der Waals surface area contributed by atoms with Crippen LogP contribution in [0.4, 0.5) is 0 Å². The fourth-order valence-electron chi connectivity index (χ4n) is 3.11. The fraction of sp³-hybridized carbons (Fsp3) is 0.529. The molecule has 0 spiro atoms. The second kappa shape index (κ2) is 7.09. The largest absolute Gasteiger partial charge is 0.350 e. The molecule has 22 heavy (non-hydrogen) atoms. The summed E-state index contributed by atoms with van der Waals surface area (Å²) in [5.41, 5.74) is 1.56. The zero-order valence-electron chi connectivity index (χ0n) is 13.0. The first kappa shape index (κ1) is 15.3. The van der Waals surface area contributed by atoms with E-state index in [1.807, 2.05) is 29.1 Å². The molecule has 2 aromatic rings. The lowest BCUT2D eigenvalue weighted by Crippen LogP contribution is -2.30. The average molecular weight is 317 g/mol. The maximum atomic E-state index is 12.4. The molecule has 1 aliphatic rings. The molecule has 0 aliphatic heterocycles. The predicted molar refractivity (Wildman–Crippen MR) is 90.1 cm³/mol. The molecule has 118 valence electrons. The van der Waals surface area contributed by atoms with Gasteiger partial charge in [-0.3, -0.25) is 9.48 Å². The zero-order valence-corrected chi connectivity index (χ0v) is 13.9. The number of thiophene rings is 1. The average Bonchev–Trinajstić information content (AvgIpc) is 3.22. The lowest BCUT2D eigenvalue weighted by Gasteiger charge is -2.21. The SMILES string of the molecule is CCn1nc(C(=O)NCC2CCCCC2)cc1-c1cccs1. The summed E-state index contributed by atoms with van der Waals surface area (Å²) < 4.78 is 1.90. The van der Waals surface area contributed by atoms with Crippen molar-refractivity contribution in [1.82, 2.24) is 15.1 Å². The van der Waals surface area contributed by atoms with Crippen molar-refractivity contribution in [2.45, 2.75) is 45.6 Å². The van der Waals surface area contributed by atoms with E-state index >= 15 is 0 Å². The van der Waals surface area contributed by atoms with Crippen LogP contribution in [0.25, 0.3) is 10.6 Å². The normalized spacial score (nSPS) is 15.9. The number of nitrogens with zero attached hydrogens (tertiary/aromatic N) is 2. The Morgan fingerprint density at radius 1 is 1.41 bits per heavy atom. The fourth-order valence-corrected chi connectivity index (χ4v) is 3.86. The highest BCUT2D eigenvalue weighted by Gasteiger charge is 2.18. The number of hydrogen-bond acceptors (Lipinski definition) is 3. The third-order valence-corrected chi connectivity index (χ3v) is 5.25. The monoisotopic (exact) mass is 317 g/mol. The molecule has 2 heterocycles. The van der Waals surface area contributed by atoms with Crippen molar-refractivity contribution in [2.75, 3.05) is 6.54 Å². The summed E-state index contributed by atoms with van der Waals surface area (Å²) in [6, 6.07) is 6.00. The number of rotatable bonds is 5. The number of amides is 1. The second-order valence-electron chi connectivity index (χ2n) is 5.92. The molecule has 1 aliphatic carbocycles. The van der Waals surface area contributed by atoms with Gasteiger partial charge in [-0.2, -0.15) is 5.10 Å². The third-order valence-electron chi connectivity index (χ3n) is 4.36. The number of aryl methyl sites for hydroxylation is 1. The van der Waals surface area contributed by atoms with Crippen LogP contribution >= 0.6 is 11.3 Å². The van der Waals surface area contributed by atoms with Gasteiger partial charge in [0.1, 0.15) is 0 Å². The minimum atomic E-state index is -0.0458. The van der Waals surface area contributed by atoms with Gasteiger partial charge in [0.05, 0.1) is 10.6 Å². The number of carbonyl (C=O) groups is 1. The molecule has 1 saturated carbocycles. The van der Waals surface area contributed by atoms with Crippen LogP contribution < -0.4 is 5.32 Å². The summed E-state index contributed by atoms with van der Waals surface area (Å²) in [5, 5.41) is 9.57. The molecule has 0 unspecified atom stereocenters. The molecule has 0 radical (unpaired) electrons. The predicted octanol–water partition coefficient (Wildman–Crippen LogP) is 3.94. The van der Waals surface area contributed by atoms with Crippen molar-refractivity contribution in [3.8, 4) is 10.6 Å². The highest BCUT2D eigenvalue weighted by atomic mass is 32.1. The molecule has 0 atom stereocenters. The molecular weight excluding hydrogens is 294 g/mol. The standard InChI is InChI=1S/C17H23N3OS/c1-2-20-15(16-9-6-10-22-16)11-14(19-20)17(21)18-12-13-7-4-3-5-8-13/h6,9-11,13H,2-5,7-8,12H2,1H3,(H,18,21). The topological polar surface area (TPSA) is 46.9 Å². The van der Waals surface area contributed by atoms with Gasteiger partial charge in [0, 0.05) is 13.1 Å². The third kappa shape index (κ3) is 3.40. The molecule has 1 fully saturated rings. The smallest absolute Gasteiger partial charge is 0.271 e. The summed E-state index contributed by atoms with van der Waals surface area (Å²) in [5.74, 6) is 0.596. The van der Waals surface area contributed by atoms with Crippen LogP contribution in [0.3, 0.4) is 0 Å². The summed E-state index contributed by atoms with van der Waals surface area (Å²) in [6.07, 6.45) is 6.42. The van der Waals surface area contributed by atoms with Crippen molar-refractivity contribution in [2.24, 2.45) is 5.92 Å². The van der Waals surface area contributed by atoms with E-state index in [0.29, 0.717) is 11.6 Å². The molecule has 1 amide bonds. The highest BCUT2D eigenvalue weighted by molar-refractivity contribution is 7.13. The molecule has 1 N–H and O–H groups in total. The molecule has 0 aromatic carbocycles. The molecule has 4 nitrogen and oxygen atoms in total. The first-order chi connectivity index (χ1) is 10.8. The van der Waals surface area contributed by atoms with Crippen LogP contribution in [0.1, 0.15) is 49.5 Å². The van der Waals surface area contributed by atoms with Crippen molar-refractivity contribution >= 4 is 17.2 Å². The number of carbonyl (C=O) groups excluding carboxylic acids is 1. The van der Waals surface area contributed by atoms with Crippen LogP contribution in [-0.2, 0) is 6.54 Å². The van der Waals surface area contributed by atoms with E-state index in [4.69, 9.17) is 0 Å². The first-order valence-electron chi connectivity index (χ1n) is 8.18. The van der Waals surface area contributed by atoms with Gasteiger partial charge in [-0.25, -0.2) is 0 Å². The van der Waals surface area contributed by atoms with Crippen molar-refractivity contribution in [1.29, 1.82) is 0 Å². The summed E-state index contributed by atoms with van der Waals surface area (Å²) in [6.45, 7) is 3.60. The van der Waals surface area contributed by atoms with Crippen LogP contribution in [-0.4, -0.2) is 22.2 Å². The van der Waals surface area contributed by atoms with Crippen molar-refractivity contribution in [3.63, 3.8) is 0 Å². The maximum Gasteiger partial charge on any atom is 0.271 e. The number of aromatic nitrogens is 2. The quantitative estimate of drug-likeness (QED) is 0.908. The van der Waals surface area contributed by atoms with E-state index in [0.717, 1.165) is 23.7 Å². The van der Waals surface area contributed by atoms with Gasteiger partial charge in [0.2, 0.25) is 0 Å². The highest BCUT2D eigenvalue weighted by Crippen LogP contribution is 2.26. The van der Waals surface area contributed by atoms with E-state index in [-0.39, 0.29) is 5.91 Å². The maximum absolute atomic E-state index is 12.4. The molecule has 2 aromatic heterocycles. The Bertz CT molecular complexity index is 612. The van der Waals surface area contributed by atoms with E-state index in [1.54, 1.807) is 11.3 Å². The summed E-state index contributed by atoms with van der Waals surface area (Å²) in [4.78, 5) is 13.5. The Balaban J connectivity index is 1.67. The van der Waals surface area contributed by atoms with Gasteiger partial charge in [-0.05, 0) is 43.2 Å². The molecule has 3 rings (SSSR count). The van der Waals surface area contributed by atoms with E-state index in [9.17, 15) is 4.79 Å². The Morgan fingerprint density at radius 3 is 2.91 bits per heavy atom.